The van der Waals surface area contributed by atoms with E-state index in [2.05, 4.69) is 27.2 Å². The fourth-order valence-corrected chi connectivity index (χ4v) is 2.74. The Kier molecular flexibility index (Phi) is 5.22. The number of rotatable bonds is 5. The van der Waals surface area contributed by atoms with Crippen LogP contribution in [0.2, 0.25) is 0 Å². The second kappa shape index (κ2) is 7.14. The lowest BCUT2D eigenvalue weighted by molar-refractivity contribution is -0.135. The third kappa shape index (κ3) is 3.81. The Hall–Kier alpha value is -2.55. The van der Waals surface area contributed by atoms with Crippen molar-refractivity contribution in [3.63, 3.8) is 0 Å². The molecular weight excluding hydrogens is 320 g/mol. The Morgan fingerprint density at radius 3 is 2.65 bits per heavy atom. The molecule has 2 heterocycles. The van der Waals surface area contributed by atoms with Crippen LogP contribution in [0.3, 0.4) is 0 Å². The van der Waals surface area contributed by atoms with Gasteiger partial charge in [0.15, 0.2) is 0 Å². The smallest absolute Gasteiger partial charge is 0.350 e. The molecule has 0 bridgehead atoms. The number of amides is 2. The Bertz CT molecular complexity index is 675. The van der Waals surface area contributed by atoms with Crippen LogP contribution < -0.4 is 10.6 Å². The summed E-state index contributed by atoms with van der Waals surface area (Å²) in [5.74, 6) is -2.21. The molecular formula is C14H16N4O4S. The van der Waals surface area contributed by atoms with E-state index in [1.54, 1.807) is 13.8 Å². The SMILES string of the molecule is C=CCC1C(=O)NC(=Nc2nc(C)c(C(=O)OCC)s2)NC1=O. The number of aliphatic imine (C=N–C) groups is 1. The van der Waals surface area contributed by atoms with Gasteiger partial charge in [0, 0.05) is 0 Å². The van der Waals surface area contributed by atoms with E-state index in [1.165, 1.54) is 6.08 Å². The number of hydrogen-bond acceptors (Lipinski definition) is 7. The van der Waals surface area contributed by atoms with Crippen molar-refractivity contribution in [3.05, 3.63) is 23.2 Å². The summed E-state index contributed by atoms with van der Waals surface area (Å²) in [6.45, 7) is 7.14. The van der Waals surface area contributed by atoms with Gasteiger partial charge in [0.1, 0.15) is 10.8 Å². The zero-order valence-electron chi connectivity index (χ0n) is 12.7. The molecule has 1 aromatic heterocycles. The molecule has 1 aliphatic heterocycles. The molecule has 0 aromatic carbocycles. The highest BCUT2D eigenvalue weighted by Crippen LogP contribution is 2.26. The van der Waals surface area contributed by atoms with Crippen molar-refractivity contribution < 1.29 is 19.1 Å². The number of allylic oxidation sites excluding steroid dienone is 1. The highest BCUT2D eigenvalue weighted by atomic mass is 32.1. The van der Waals surface area contributed by atoms with E-state index < -0.39 is 23.7 Å². The lowest BCUT2D eigenvalue weighted by atomic mass is 10.0. The molecule has 0 radical (unpaired) electrons. The lowest BCUT2D eigenvalue weighted by Crippen LogP contribution is -2.56. The molecule has 2 amide bonds. The first-order chi connectivity index (χ1) is 11.0. The number of nitrogens with one attached hydrogen (secondary N) is 2. The van der Waals surface area contributed by atoms with E-state index in [0.29, 0.717) is 10.6 Å². The largest absolute Gasteiger partial charge is 0.462 e. The highest BCUT2D eigenvalue weighted by Gasteiger charge is 2.32. The van der Waals surface area contributed by atoms with Gasteiger partial charge in [-0.25, -0.2) is 9.78 Å². The quantitative estimate of drug-likeness (QED) is 0.474. The Morgan fingerprint density at radius 2 is 2.09 bits per heavy atom. The molecule has 9 heteroatoms. The molecule has 0 spiro atoms. The number of aromatic nitrogens is 1. The first-order valence-corrected chi connectivity index (χ1v) is 7.73. The van der Waals surface area contributed by atoms with Crippen molar-refractivity contribution in [3.8, 4) is 0 Å². The molecule has 1 aliphatic rings. The standard InChI is InChI=1S/C14H16N4O4S/c1-4-6-8-10(19)16-13(17-11(8)20)18-14-15-7(3)9(23-14)12(21)22-5-2/h4,8H,1,5-6H2,2-3H3,(H2,15,16,17,18,19,20). The number of carbonyl (C=O) groups excluding carboxylic acids is 3. The van der Waals surface area contributed by atoms with Crippen molar-refractivity contribution >= 4 is 40.2 Å². The molecule has 0 aliphatic carbocycles. The predicted molar refractivity (Wildman–Crippen MR) is 84.5 cm³/mol. The van der Waals surface area contributed by atoms with Crippen LogP contribution in [0.1, 0.15) is 28.7 Å². The summed E-state index contributed by atoms with van der Waals surface area (Å²) >= 11 is 1.02. The summed E-state index contributed by atoms with van der Waals surface area (Å²) in [5, 5.41) is 5.23. The number of guanidine groups is 1. The summed E-state index contributed by atoms with van der Waals surface area (Å²) in [6, 6.07) is 0. The second-order valence-corrected chi connectivity index (χ2v) is 5.62. The molecule has 2 rings (SSSR count). The van der Waals surface area contributed by atoms with Gasteiger partial charge in [-0.1, -0.05) is 17.4 Å². The van der Waals surface area contributed by atoms with Crippen LogP contribution in [0.15, 0.2) is 17.6 Å². The maximum absolute atomic E-state index is 11.9. The van der Waals surface area contributed by atoms with Crippen LogP contribution in [0, 0.1) is 12.8 Å². The number of aryl methyl sites for hydroxylation is 1. The van der Waals surface area contributed by atoms with Crippen molar-refractivity contribution in [1.29, 1.82) is 0 Å². The summed E-state index contributed by atoms with van der Waals surface area (Å²) in [5.41, 5.74) is 0.478. The van der Waals surface area contributed by atoms with Crippen LogP contribution in [-0.2, 0) is 14.3 Å². The minimum atomic E-state index is -0.820. The summed E-state index contributed by atoms with van der Waals surface area (Å²) < 4.78 is 4.92. The monoisotopic (exact) mass is 336 g/mol. The molecule has 1 saturated heterocycles. The average molecular weight is 336 g/mol. The molecule has 0 saturated carbocycles. The number of carbonyl (C=O) groups is 3. The predicted octanol–water partition coefficient (Wildman–Crippen LogP) is 1.05. The Morgan fingerprint density at radius 1 is 1.43 bits per heavy atom. The Balaban J connectivity index is 2.18. The fourth-order valence-electron chi connectivity index (χ4n) is 1.91. The van der Waals surface area contributed by atoms with Gasteiger partial charge in [0.2, 0.25) is 22.9 Å². The number of esters is 1. The van der Waals surface area contributed by atoms with Crippen molar-refractivity contribution in [2.45, 2.75) is 20.3 Å². The van der Waals surface area contributed by atoms with Gasteiger partial charge in [0.25, 0.3) is 0 Å². The topological polar surface area (TPSA) is 110 Å². The van der Waals surface area contributed by atoms with E-state index >= 15 is 0 Å². The van der Waals surface area contributed by atoms with Crippen molar-refractivity contribution in [2.75, 3.05) is 6.61 Å². The number of nitrogens with zero attached hydrogens (tertiary/aromatic N) is 2. The minimum absolute atomic E-state index is 0.00975. The summed E-state index contributed by atoms with van der Waals surface area (Å²) in [4.78, 5) is 44.0. The van der Waals surface area contributed by atoms with Gasteiger partial charge >= 0.3 is 5.97 Å². The average Bonchev–Trinajstić information content (AvgIpc) is 2.84. The molecule has 2 N–H and O–H groups in total. The van der Waals surface area contributed by atoms with Gasteiger partial charge in [-0.3, -0.25) is 20.2 Å². The molecule has 0 unspecified atom stereocenters. The first kappa shape index (κ1) is 16.8. The van der Waals surface area contributed by atoms with Gasteiger partial charge in [0.05, 0.1) is 12.3 Å². The van der Waals surface area contributed by atoms with Crippen LogP contribution in [-0.4, -0.2) is 35.3 Å². The van der Waals surface area contributed by atoms with Gasteiger partial charge in [-0.15, -0.1) is 6.58 Å². The molecule has 23 heavy (non-hydrogen) atoms. The maximum Gasteiger partial charge on any atom is 0.350 e. The molecule has 122 valence electrons. The van der Waals surface area contributed by atoms with Gasteiger partial charge < -0.3 is 4.74 Å². The van der Waals surface area contributed by atoms with E-state index in [0.717, 1.165) is 11.3 Å². The van der Waals surface area contributed by atoms with Crippen molar-refractivity contribution in [1.82, 2.24) is 15.6 Å². The van der Waals surface area contributed by atoms with E-state index in [-0.39, 0.29) is 24.1 Å². The zero-order chi connectivity index (χ0) is 17.0. The van der Waals surface area contributed by atoms with Crippen LogP contribution >= 0.6 is 11.3 Å². The normalized spacial score (nSPS) is 17.3. The lowest BCUT2D eigenvalue weighted by Gasteiger charge is -2.21. The van der Waals surface area contributed by atoms with E-state index in [1.807, 2.05) is 0 Å². The van der Waals surface area contributed by atoms with Gasteiger partial charge in [-0.05, 0) is 20.3 Å². The number of ether oxygens (including phenoxy) is 1. The molecule has 8 nitrogen and oxygen atoms in total. The number of thiazole rings is 1. The van der Waals surface area contributed by atoms with Crippen molar-refractivity contribution in [2.24, 2.45) is 10.9 Å². The zero-order valence-corrected chi connectivity index (χ0v) is 13.5. The maximum atomic E-state index is 11.9. The van der Waals surface area contributed by atoms with Gasteiger partial charge in [-0.2, -0.15) is 4.99 Å². The molecule has 1 fully saturated rings. The first-order valence-electron chi connectivity index (χ1n) is 6.92. The van der Waals surface area contributed by atoms with Crippen LogP contribution in [0.5, 0.6) is 0 Å². The van der Waals surface area contributed by atoms with Crippen LogP contribution in [0.4, 0.5) is 5.13 Å². The highest BCUT2D eigenvalue weighted by molar-refractivity contribution is 7.17. The van der Waals surface area contributed by atoms with Crippen LogP contribution in [0.25, 0.3) is 0 Å². The minimum Gasteiger partial charge on any atom is -0.462 e. The molecule has 1 aromatic rings. The second-order valence-electron chi connectivity index (χ2n) is 4.65. The van der Waals surface area contributed by atoms with E-state index in [4.69, 9.17) is 4.74 Å². The number of hydrogen-bond donors (Lipinski definition) is 2. The van der Waals surface area contributed by atoms with E-state index in [9.17, 15) is 14.4 Å². The fraction of sp³-hybridized carbons (Fsp3) is 0.357. The molecule has 0 atom stereocenters. The Labute approximate surface area is 136 Å². The summed E-state index contributed by atoms with van der Waals surface area (Å²) in [6.07, 6.45) is 1.75. The third-order valence-electron chi connectivity index (χ3n) is 2.97. The third-order valence-corrected chi connectivity index (χ3v) is 4.00. The summed E-state index contributed by atoms with van der Waals surface area (Å²) in [7, 11) is 0.